The predicted molar refractivity (Wildman–Crippen MR) is 126 cm³/mol. The van der Waals surface area contributed by atoms with Crippen LogP contribution in [0.1, 0.15) is 24.8 Å². The molecule has 3 aromatic carbocycles. The van der Waals surface area contributed by atoms with Crippen LogP contribution in [0.3, 0.4) is 0 Å². The summed E-state index contributed by atoms with van der Waals surface area (Å²) in [7, 11) is -0.117. The number of hydrogen-bond acceptors (Lipinski definition) is 1. The van der Waals surface area contributed by atoms with Crippen molar-refractivity contribution in [3.63, 3.8) is 0 Å². The molecule has 0 aliphatic carbocycles. The summed E-state index contributed by atoms with van der Waals surface area (Å²) in [5.41, 5.74) is 5.71. The average molecular weight is 399 g/mol. The number of hydrogen-bond donors (Lipinski definition) is 0. The van der Waals surface area contributed by atoms with Crippen molar-refractivity contribution in [3.05, 3.63) is 108 Å². The Morgan fingerprint density at radius 1 is 0.759 bits per heavy atom. The van der Waals surface area contributed by atoms with E-state index in [1.165, 1.54) is 22.4 Å². The molecular formula is C27H30OSi. The maximum absolute atomic E-state index is 5.98. The first-order chi connectivity index (χ1) is 14.3. The fourth-order valence-electron chi connectivity index (χ4n) is 4.74. The van der Waals surface area contributed by atoms with Crippen molar-refractivity contribution in [2.75, 3.05) is 7.11 Å². The first-order valence-corrected chi connectivity index (χ1v) is 13.0. The largest absolute Gasteiger partial charge is 0.381 e. The Morgan fingerprint density at radius 2 is 1.31 bits per heavy atom. The lowest BCUT2D eigenvalue weighted by Gasteiger charge is -2.38. The van der Waals surface area contributed by atoms with Crippen molar-refractivity contribution < 1.29 is 4.74 Å². The molecule has 1 aliphatic heterocycles. The van der Waals surface area contributed by atoms with E-state index in [9.17, 15) is 0 Å². The van der Waals surface area contributed by atoms with Gasteiger partial charge in [0.1, 0.15) is 8.07 Å². The van der Waals surface area contributed by atoms with E-state index in [2.05, 4.69) is 96.7 Å². The Kier molecular flexibility index (Phi) is 6.43. The van der Waals surface area contributed by atoms with E-state index in [1.807, 2.05) is 7.11 Å². The normalized spacial score (nSPS) is 18.2. The van der Waals surface area contributed by atoms with E-state index in [0.29, 0.717) is 6.10 Å². The molecule has 1 nitrogen and oxygen atoms in total. The molecule has 0 saturated carbocycles. The molecule has 1 aliphatic rings. The quantitative estimate of drug-likeness (QED) is 0.500. The maximum atomic E-state index is 5.98. The van der Waals surface area contributed by atoms with Gasteiger partial charge in [0.15, 0.2) is 0 Å². The highest BCUT2D eigenvalue weighted by Crippen LogP contribution is 2.31. The van der Waals surface area contributed by atoms with Crippen LogP contribution in [0.4, 0.5) is 0 Å². The highest BCUT2D eigenvalue weighted by Gasteiger charge is 2.40. The molecule has 0 saturated heterocycles. The summed E-state index contributed by atoms with van der Waals surface area (Å²) in [5, 5.41) is 2.99. The third-order valence-electron chi connectivity index (χ3n) is 6.21. The minimum absolute atomic E-state index is 0.304. The maximum Gasteiger partial charge on any atom is 0.143 e. The molecule has 148 valence electrons. The molecule has 0 radical (unpaired) electrons. The fraction of sp³-hybridized carbons (Fsp3) is 0.259. The van der Waals surface area contributed by atoms with Crippen LogP contribution in [0, 0.1) is 0 Å². The number of ether oxygens (including phenoxy) is 1. The van der Waals surface area contributed by atoms with Crippen molar-refractivity contribution in [3.8, 4) is 0 Å². The lowest BCUT2D eigenvalue weighted by molar-refractivity contribution is 0.116. The molecule has 0 amide bonds. The lowest BCUT2D eigenvalue weighted by Crippen LogP contribution is -2.60. The first-order valence-electron chi connectivity index (χ1n) is 10.7. The summed E-state index contributed by atoms with van der Waals surface area (Å²) in [6.07, 6.45) is 4.86. The van der Waals surface area contributed by atoms with Crippen LogP contribution in [0.25, 0.3) is 0 Å². The van der Waals surface area contributed by atoms with Gasteiger partial charge < -0.3 is 4.74 Å². The molecule has 0 aromatic heterocycles. The highest BCUT2D eigenvalue weighted by atomic mass is 28.3. The zero-order valence-corrected chi connectivity index (χ0v) is 18.3. The predicted octanol–water partition coefficient (Wildman–Crippen LogP) is 5.16. The third-order valence-corrected chi connectivity index (χ3v) is 10.9. The van der Waals surface area contributed by atoms with Crippen LogP contribution in [0.5, 0.6) is 0 Å². The minimum atomic E-state index is -2.00. The van der Waals surface area contributed by atoms with Crippen molar-refractivity contribution in [2.45, 2.75) is 37.8 Å². The van der Waals surface area contributed by atoms with Gasteiger partial charge in [0.05, 0.1) is 6.10 Å². The summed E-state index contributed by atoms with van der Waals surface area (Å²) in [5.74, 6) is 0. The van der Waals surface area contributed by atoms with Crippen molar-refractivity contribution in [1.29, 1.82) is 0 Å². The van der Waals surface area contributed by atoms with Crippen molar-refractivity contribution >= 4 is 18.4 Å². The Labute approximate surface area is 176 Å². The molecule has 0 N–H and O–H groups in total. The second-order valence-electron chi connectivity index (χ2n) is 8.11. The van der Waals surface area contributed by atoms with E-state index >= 15 is 0 Å². The van der Waals surface area contributed by atoms with Gasteiger partial charge in [0.25, 0.3) is 0 Å². The van der Waals surface area contributed by atoms with E-state index in [1.54, 1.807) is 5.57 Å². The molecule has 29 heavy (non-hydrogen) atoms. The topological polar surface area (TPSA) is 9.23 Å². The standard InChI is InChI=1S/C27H30OSi/c1-28-25-20-24(15-11-14-23-12-5-2-6-13-23)21-29(22-25,26-16-7-3-8-17-26)27-18-9-4-10-19-27/h2-10,12-13,16-19,21,25H,11,14-15,20,22H2,1H3. The Bertz CT molecular complexity index is 879. The van der Waals surface area contributed by atoms with E-state index in [4.69, 9.17) is 4.74 Å². The molecular weight excluding hydrogens is 368 g/mol. The highest BCUT2D eigenvalue weighted by molar-refractivity contribution is 7.06. The second kappa shape index (κ2) is 9.38. The Hall–Kier alpha value is -2.42. The van der Waals surface area contributed by atoms with Gasteiger partial charge in [-0.2, -0.15) is 0 Å². The molecule has 0 bridgehead atoms. The summed E-state index contributed by atoms with van der Waals surface area (Å²) < 4.78 is 5.98. The van der Waals surface area contributed by atoms with Gasteiger partial charge in [-0.1, -0.05) is 102 Å². The smallest absolute Gasteiger partial charge is 0.143 e. The molecule has 0 spiro atoms. The first kappa shape index (κ1) is 19.9. The fourth-order valence-corrected chi connectivity index (χ4v) is 9.55. The molecule has 3 aromatic rings. The van der Waals surface area contributed by atoms with Gasteiger partial charge in [0, 0.05) is 7.11 Å². The van der Waals surface area contributed by atoms with Crippen molar-refractivity contribution in [1.82, 2.24) is 0 Å². The van der Waals surface area contributed by atoms with Gasteiger partial charge in [0.2, 0.25) is 0 Å². The molecule has 2 heteroatoms. The SMILES string of the molecule is COC1CC(CCCc2ccccc2)=C[Si](c2ccccc2)(c2ccccc2)C1. The zero-order valence-electron chi connectivity index (χ0n) is 17.3. The monoisotopic (exact) mass is 398 g/mol. The number of methoxy groups -OCH3 is 1. The number of benzene rings is 3. The summed E-state index contributed by atoms with van der Waals surface area (Å²) in [6.45, 7) is 0. The average Bonchev–Trinajstić information content (AvgIpc) is 2.80. The second-order valence-corrected chi connectivity index (χ2v) is 11.9. The molecule has 0 fully saturated rings. The Morgan fingerprint density at radius 3 is 1.86 bits per heavy atom. The summed E-state index contributed by atoms with van der Waals surface area (Å²) in [6, 6.07) is 34.3. The zero-order chi connectivity index (χ0) is 19.9. The third kappa shape index (κ3) is 4.60. The lowest BCUT2D eigenvalue weighted by atomic mass is 10.0. The van der Waals surface area contributed by atoms with Crippen LogP contribution in [0.15, 0.2) is 102 Å². The Balaban J connectivity index is 1.66. The van der Waals surface area contributed by atoms with E-state index in [-0.39, 0.29) is 0 Å². The molecule has 4 rings (SSSR count). The summed E-state index contributed by atoms with van der Waals surface area (Å²) >= 11 is 0. The van der Waals surface area contributed by atoms with E-state index in [0.717, 1.165) is 25.3 Å². The van der Waals surface area contributed by atoms with Crippen LogP contribution in [-0.4, -0.2) is 21.3 Å². The van der Waals surface area contributed by atoms with Crippen LogP contribution < -0.4 is 10.4 Å². The molecule has 1 atom stereocenters. The van der Waals surface area contributed by atoms with Crippen molar-refractivity contribution in [2.24, 2.45) is 0 Å². The van der Waals surface area contributed by atoms with Crippen LogP contribution >= 0.6 is 0 Å². The van der Waals surface area contributed by atoms with Gasteiger partial charge in [-0.3, -0.25) is 0 Å². The van der Waals surface area contributed by atoms with Crippen LogP contribution in [-0.2, 0) is 11.2 Å². The van der Waals surface area contributed by atoms with E-state index < -0.39 is 8.07 Å². The van der Waals surface area contributed by atoms with Gasteiger partial charge in [-0.25, -0.2) is 0 Å². The number of rotatable bonds is 7. The number of aryl methyl sites for hydroxylation is 1. The summed E-state index contributed by atoms with van der Waals surface area (Å²) in [4.78, 5) is 0. The van der Waals surface area contributed by atoms with Gasteiger partial charge in [-0.15, -0.1) is 0 Å². The minimum Gasteiger partial charge on any atom is -0.381 e. The van der Waals surface area contributed by atoms with Gasteiger partial charge in [-0.05, 0) is 47.7 Å². The van der Waals surface area contributed by atoms with Crippen LogP contribution in [0.2, 0.25) is 6.04 Å². The van der Waals surface area contributed by atoms with Gasteiger partial charge >= 0.3 is 0 Å². The molecule has 1 unspecified atom stereocenters. The molecule has 1 heterocycles.